The molecule has 0 saturated carbocycles. The van der Waals surface area contributed by atoms with Gasteiger partial charge in [0.1, 0.15) is 11.9 Å². The summed E-state index contributed by atoms with van der Waals surface area (Å²) in [5.41, 5.74) is 2.68. The highest BCUT2D eigenvalue weighted by molar-refractivity contribution is 5.62. The molecule has 16 heavy (non-hydrogen) atoms. The maximum atomic E-state index is 8.91. The van der Waals surface area contributed by atoms with Gasteiger partial charge in [0.2, 0.25) is 0 Å². The monoisotopic (exact) mass is 209 g/mol. The Morgan fingerprint density at radius 2 is 1.94 bits per heavy atom. The SMILES string of the molecule is Cc1ccc(Nc2ncccc2C#N)cc1. The molecule has 0 aliphatic heterocycles. The minimum Gasteiger partial charge on any atom is -0.339 e. The van der Waals surface area contributed by atoms with Gasteiger partial charge in [0, 0.05) is 11.9 Å². The van der Waals surface area contributed by atoms with E-state index in [1.165, 1.54) is 5.56 Å². The fourth-order valence-corrected chi connectivity index (χ4v) is 1.37. The van der Waals surface area contributed by atoms with Crippen molar-refractivity contribution < 1.29 is 0 Å². The van der Waals surface area contributed by atoms with Crippen LogP contribution >= 0.6 is 0 Å². The van der Waals surface area contributed by atoms with Crippen LogP contribution in [0, 0.1) is 18.3 Å². The minimum absolute atomic E-state index is 0.545. The van der Waals surface area contributed by atoms with Gasteiger partial charge in [0.05, 0.1) is 5.56 Å². The first-order chi connectivity index (χ1) is 7.79. The number of hydrogen-bond acceptors (Lipinski definition) is 3. The van der Waals surface area contributed by atoms with E-state index in [0.29, 0.717) is 11.4 Å². The van der Waals surface area contributed by atoms with Gasteiger partial charge in [-0.1, -0.05) is 17.7 Å². The second-order valence-electron chi connectivity index (χ2n) is 3.50. The quantitative estimate of drug-likeness (QED) is 0.827. The molecule has 1 aromatic carbocycles. The number of aromatic nitrogens is 1. The molecule has 0 bridgehead atoms. The Morgan fingerprint density at radius 3 is 2.62 bits per heavy atom. The predicted octanol–water partition coefficient (Wildman–Crippen LogP) is 3.01. The molecule has 2 aromatic rings. The van der Waals surface area contributed by atoms with Gasteiger partial charge in [0.15, 0.2) is 0 Å². The molecule has 0 amide bonds. The molecule has 3 heteroatoms. The summed E-state index contributed by atoms with van der Waals surface area (Å²) in [7, 11) is 0. The summed E-state index contributed by atoms with van der Waals surface area (Å²) in [5, 5.41) is 12.0. The summed E-state index contributed by atoms with van der Waals surface area (Å²) in [6, 6.07) is 13.5. The Kier molecular flexibility index (Phi) is 2.84. The number of hydrogen-bond donors (Lipinski definition) is 1. The molecule has 1 N–H and O–H groups in total. The molecule has 0 aliphatic rings. The van der Waals surface area contributed by atoms with Gasteiger partial charge in [-0.15, -0.1) is 0 Å². The lowest BCUT2D eigenvalue weighted by molar-refractivity contribution is 1.28. The number of nitrogens with zero attached hydrogens (tertiary/aromatic N) is 2. The van der Waals surface area contributed by atoms with Gasteiger partial charge in [0.25, 0.3) is 0 Å². The van der Waals surface area contributed by atoms with Crippen molar-refractivity contribution in [2.75, 3.05) is 5.32 Å². The standard InChI is InChI=1S/C13H11N3/c1-10-4-6-12(7-5-10)16-13-11(9-14)3-2-8-15-13/h2-8H,1H3,(H,15,16). The molecule has 0 fully saturated rings. The summed E-state index contributed by atoms with van der Waals surface area (Å²) in [6.45, 7) is 2.03. The van der Waals surface area contributed by atoms with Crippen LogP contribution in [0.1, 0.15) is 11.1 Å². The topological polar surface area (TPSA) is 48.7 Å². The van der Waals surface area contributed by atoms with Crippen LogP contribution < -0.4 is 5.32 Å². The van der Waals surface area contributed by atoms with E-state index in [9.17, 15) is 0 Å². The molecule has 1 heterocycles. The fraction of sp³-hybridized carbons (Fsp3) is 0.0769. The maximum absolute atomic E-state index is 8.91. The molecule has 0 radical (unpaired) electrons. The second-order valence-corrected chi connectivity index (χ2v) is 3.50. The summed E-state index contributed by atoms with van der Waals surface area (Å²) < 4.78 is 0. The zero-order valence-electron chi connectivity index (χ0n) is 8.94. The van der Waals surface area contributed by atoms with Crippen LogP contribution in [-0.4, -0.2) is 4.98 Å². The van der Waals surface area contributed by atoms with Crippen molar-refractivity contribution in [2.24, 2.45) is 0 Å². The molecule has 78 valence electrons. The Hall–Kier alpha value is -2.34. The Morgan fingerprint density at radius 1 is 1.19 bits per heavy atom. The number of nitrogens with one attached hydrogen (secondary N) is 1. The van der Waals surface area contributed by atoms with Gasteiger partial charge in [-0.25, -0.2) is 4.98 Å². The minimum atomic E-state index is 0.545. The molecule has 0 unspecified atom stereocenters. The van der Waals surface area contributed by atoms with Crippen molar-refractivity contribution >= 4 is 11.5 Å². The van der Waals surface area contributed by atoms with Crippen LogP contribution in [0.5, 0.6) is 0 Å². The summed E-state index contributed by atoms with van der Waals surface area (Å²) in [6.07, 6.45) is 1.66. The Balaban J connectivity index is 2.27. The van der Waals surface area contributed by atoms with Crippen LogP contribution in [0.2, 0.25) is 0 Å². The molecular weight excluding hydrogens is 198 g/mol. The first kappa shape index (κ1) is 10.2. The Bertz CT molecular complexity index is 524. The average Bonchev–Trinajstić information content (AvgIpc) is 2.33. The van der Waals surface area contributed by atoms with E-state index in [1.54, 1.807) is 18.3 Å². The highest BCUT2D eigenvalue weighted by Gasteiger charge is 2.01. The van der Waals surface area contributed by atoms with Crippen LogP contribution in [0.25, 0.3) is 0 Å². The van der Waals surface area contributed by atoms with Gasteiger partial charge >= 0.3 is 0 Å². The molecule has 0 atom stereocenters. The first-order valence-electron chi connectivity index (χ1n) is 4.98. The first-order valence-corrected chi connectivity index (χ1v) is 4.98. The molecule has 0 aliphatic carbocycles. The van der Waals surface area contributed by atoms with Crippen molar-refractivity contribution in [2.45, 2.75) is 6.92 Å². The third-order valence-corrected chi connectivity index (χ3v) is 2.24. The summed E-state index contributed by atoms with van der Waals surface area (Å²) in [5.74, 6) is 0.592. The summed E-state index contributed by atoms with van der Waals surface area (Å²) in [4.78, 5) is 4.13. The predicted molar refractivity (Wildman–Crippen MR) is 63.4 cm³/mol. The van der Waals surface area contributed by atoms with Crippen LogP contribution in [0.4, 0.5) is 11.5 Å². The van der Waals surface area contributed by atoms with Crippen molar-refractivity contribution in [1.82, 2.24) is 4.98 Å². The van der Waals surface area contributed by atoms with E-state index < -0.39 is 0 Å². The largest absolute Gasteiger partial charge is 0.339 e. The van der Waals surface area contributed by atoms with Crippen LogP contribution in [0.15, 0.2) is 42.6 Å². The lowest BCUT2D eigenvalue weighted by Gasteiger charge is -2.06. The van der Waals surface area contributed by atoms with E-state index in [1.807, 2.05) is 31.2 Å². The van der Waals surface area contributed by atoms with E-state index in [0.717, 1.165) is 5.69 Å². The third kappa shape index (κ3) is 2.18. The second kappa shape index (κ2) is 4.45. The average molecular weight is 209 g/mol. The number of aryl methyl sites for hydroxylation is 1. The van der Waals surface area contributed by atoms with E-state index >= 15 is 0 Å². The van der Waals surface area contributed by atoms with E-state index in [4.69, 9.17) is 5.26 Å². The lowest BCUT2D eigenvalue weighted by atomic mass is 10.2. The van der Waals surface area contributed by atoms with Crippen molar-refractivity contribution in [3.63, 3.8) is 0 Å². The molecular formula is C13H11N3. The van der Waals surface area contributed by atoms with Gasteiger partial charge in [-0.05, 0) is 31.2 Å². The third-order valence-electron chi connectivity index (χ3n) is 2.24. The number of rotatable bonds is 2. The van der Waals surface area contributed by atoms with Gasteiger partial charge < -0.3 is 5.32 Å². The van der Waals surface area contributed by atoms with Crippen LogP contribution in [0.3, 0.4) is 0 Å². The van der Waals surface area contributed by atoms with Crippen molar-refractivity contribution in [1.29, 1.82) is 5.26 Å². The zero-order chi connectivity index (χ0) is 11.4. The highest BCUT2D eigenvalue weighted by atomic mass is 15.0. The van der Waals surface area contributed by atoms with E-state index in [-0.39, 0.29) is 0 Å². The van der Waals surface area contributed by atoms with Gasteiger partial charge in [-0.3, -0.25) is 0 Å². The fourth-order valence-electron chi connectivity index (χ4n) is 1.37. The normalized spacial score (nSPS) is 9.50. The van der Waals surface area contributed by atoms with Crippen molar-refractivity contribution in [3.05, 3.63) is 53.7 Å². The molecule has 2 rings (SSSR count). The summed E-state index contributed by atoms with van der Waals surface area (Å²) >= 11 is 0. The number of pyridine rings is 1. The highest BCUT2D eigenvalue weighted by Crippen LogP contribution is 2.17. The molecule has 1 aromatic heterocycles. The van der Waals surface area contributed by atoms with Gasteiger partial charge in [-0.2, -0.15) is 5.26 Å². The number of anilines is 2. The van der Waals surface area contributed by atoms with E-state index in [2.05, 4.69) is 16.4 Å². The smallest absolute Gasteiger partial charge is 0.148 e. The lowest BCUT2D eigenvalue weighted by Crippen LogP contribution is -1.96. The zero-order valence-corrected chi connectivity index (χ0v) is 8.94. The number of nitriles is 1. The molecule has 0 spiro atoms. The Labute approximate surface area is 94.4 Å². The number of benzene rings is 1. The molecule has 3 nitrogen and oxygen atoms in total. The maximum Gasteiger partial charge on any atom is 0.148 e. The van der Waals surface area contributed by atoms with Crippen molar-refractivity contribution in [3.8, 4) is 6.07 Å². The van der Waals surface area contributed by atoms with Crippen LogP contribution in [-0.2, 0) is 0 Å². The molecule has 0 saturated heterocycles.